The predicted molar refractivity (Wildman–Crippen MR) is 68.5 cm³/mol. The molecule has 1 atom stereocenters. The third-order valence-electron chi connectivity index (χ3n) is 3.07. The lowest BCUT2D eigenvalue weighted by molar-refractivity contribution is 0.143. The lowest BCUT2D eigenvalue weighted by Gasteiger charge is -2.20. The van der Waals surface area contributed by atoms with Crippen molar-refractivity contribution in [2.24, 2.45) is 0 Å². The summed E-state index contributed by atoms with van der Waals surface area (Å²) in [6.07, 6.45) is 0.335. The molecule has 0 fully saturated rings. The van der Waals surface area contributed by atoms with E-state index < -0.39 is 17.7 Å². The maximum Gasteiger partial charge on any atom is 0.126 e. The van der Waals surface area contributed by atoms with Crippen LogP contribution in [0.2, 0.25) is 0 Å². The van der Waals surface area contributed by atoms with Gasteiger partial charge in [-0.3, -0.25) is 0 Å². The van der Waals surface area contributed by atoms with Crippen molar-refractivity contribution in [1.29, 1.82) is 0 Å². The Labute approximate surface area is 107 Å². The van der Waals surface area contributed by atoms with Crippen LogP contribution in [0.1, 0.15) is 25.8 Å². The van der Waals surface area contributed by atoms with Crippen LogP contribution in [0.4, 0.5) is 8.78 Å². The van der Waals surface area contributed by atoms with E-state index in [2.05, 4.69) is 18.7 Å². The van der Waals surface area contributed by atoms with Gasteiger partial charge in [0.2, 0.25) is 0 Å². The Bertz CT molecular complexity index is 347. The third kappa shape index (κ3) is 5.10. The predicted octanol–water partition coefficient (Wildman–Crippen LogP) is 2.60. The molecule has 0 aromatic heterocycles. The standard InChI is InChI=1S/C14H21F2NO/c1-3-17(4-2)6-5-14(18)9-11-7-12(15)10-13(16)8-11/h7-8,10,14,18H,3-6,9H2,1-2H3. The fourth-order valence-electron chi connectivity index (χ4n) is 1.97. The van der Waals surface area contributed by atoms with Crippen LogP contribution in [0.3, 0.4) is 0 Å². The van der Waals surface area contributed by atoms with Crippen LogP contribution in [0, 0.1) is 11.6 Å². The van der Waals surface area contributed by atoms with Crippen LogP contribution in [0.5, 0.6) is 0 Å². The molecule has 4 heteroatoms. The van der Waals surface area contributed by atoms with Crippen molar-refractivity contribution >= 4 is 0 Å². The van der Waals surface area contributed by atoms with Gasteiger partial charge in [0.1, 0.15) is 11.6 Å². The van der Waals surface area contributed by atoms with E-state index in [0.29, 0.717) is 12.0 Å². The van der Waals surface area contributed by atoms with Gasteiger partial charge >= 0.3 is 0 Å². The Kier molecular flexibility index (Phi) is 6.22. The largest absolute Gasteiger partial charge is 0.393 e. The van der Waals surface area contributed by atoms with Crippen LogP contribution in [0.25, 0.3) is 0 Å². The molecule has 102 valence electrons. The highest BCUT2D eigenvalue weighted by atomic mass is 19.1. The summed E-state index contributed by atoms with van der Waals surface area (Å²) in [6, 6.07) is 3.37. The summed E-state index contributed by atoms with van der Waals surface area (Å²) >= 11 is 0. The van der Waals surface area contributed by atoms with Gasteiger partial charge in [-0.05, 0) is 43.6 Å². The fourth-order valence-corrected chi connectivity index (χ4v) is 1.97. The molecule has 1 aromatic rings. The normalized spacial score (nSPS) is 13.0. The minimum atomic E-state index is -0.596. The van der Waals surface area contributed by atoms with Crippen LogP contribution in [-0.4, -0.2) is 35.7 Å². The molecule has 1 unspecified atom stereocenters. The monoisotopic (exact) mass is 257 g/mol. The second kappa shape index (κ2) is 7.44. The average Bonchev–Trinajstić information content (AvgIpc) is 2.28. The molecule has 0 saturated heterocycles. The van der Waals surface area contributed by atoms with Crippen LogP contribution >= 0.6 is 0 Å². The molecule has 2 nitrogen and oxygen atoms in total. The molecule has 0 radical (unpaired) electrons. The van der Waals surface area contributed by atoms with Crippen LogP contribution < -0.4 is 0 Å². The number of rotatable bonds is 7. The van der Waals surface area contributed by atoms with Gasteiger partial charge < -0.3 is 10.0 Å². The zero-order chi connectivity index (χ0) is 13.5. The maximum atomic E-state index is 13.0. The second-order valence-corrected chi connectivity index (χ2v) is 4.45. The van der Waals surface area contributed by atoms with Crippen molar-refractivity contribution in [2.75, 3.05) is 19.6 Å². The molecule has 0 aliphatic rings. The quantitative estimate of drug-likeness (QED) is 0.811. The van der Waals surface area contributed by atoms with Crippen LogP contribution in [-0.2, 0) is 6.42 Å². The molecule has 0 aliphatic heterocycles. The second-order valence-electron chi connectivity index (χ2n) is 4.45. The van der Waals surface area contributed by atoms with Crippen molar-refractivity contribution in [3.05, 3.63) is 35.4 Å². The van der Waals surface area contributed by atoms with Gasteiger partial charge in [0.15, 0.2) is 0 Å². The number of hydrogen-bond donors (Lipinski definition) is 1. The van der Waals surface area contributed by atoms with E-state index in [1.165, 1.54) is 12.1 Å². The van der Waals surface area contributed by atoms with E-state index in [4.69, 9.17) is 0 Å². The number of hydrogen-bond acceptors (Lipinski definition) is 2. The summed E-state index contributed by atoms with van der Waals surface area (Å²) in [4.78, 5) is 2.20. The highest BCUT2D eigenvalue weighted by molar-refractivity contribution is 5.18. The molecular weight excluding hydrogens is 236 g/mol. The van der Waals surface area contributed by atoms with Gasteiger partial charge in [0.25, 0.3) is 0 Å². The molecule has 1 rings (SSSR count). The molecule has 1 N–H and O–H groups in total. The Morgan fingerprint density at radius 1 is 1.11 bits per heavy atom. The molecule has 1 aromatic carbocycles. The summed E-state index contributed by atoms with van der Waals surface area (Å²) in [5, 5.41) is 9.85. The Hall–Kier alpha value is -1.00. The number of aliphatic hydroxyl groups excluding tert-OH is 1. The molecule has 0 spiro atoms. The molecule has 0 saturated carbocycles. The van der Waals surface area contributed by atoms with Gasteiger partial charge in [0, 0.05) is 12.6 Å². The fraction of sp³-hybridized carbons (Fsp3) is 0.571. The number of halogens is 2. The first-order chi connectivity index (χ1) is 8.55. The minimum Gasteiger partial charge on any atom is -0.393 e. The lowest BCUT2D eigenvalue weighted by atomic mass is 10.1. The number of nitrogens with zero attached hydrogens (tertiary/aromatic N) is 1. The van der Waals surface area contributed by atoms with Crippen molar-refractivity contribution < 1.29 is 13.9 Å². The molecule has 0 amide bonds. The summed E-state index contributed by atoms with van der Waals surface area (Å²) < 4.78 is 25.9. The molecule has 18 heavy (non-hydrogen) atoms. The van der Waals surface area contributed by atoms with Gasteiger partial charge in [-0.1, -0.05) is 13.8 Å². The van der Waals surface area contributed by atoms with E-state index in [0.717, 1.165) is 25.7 Å². The van der Waals surface area contributed by atoms with E-state index in [-0.39, 0.29) is 6.42 Å². The smallest absolute Gasteiger partial charge is 0.126 e. The van der Waals surface area contributed by atoms with Gasteiger partial charge in [0.05, 0.1) is 6.10 Å². The zero-order valence-corrected chi connectivity index (χ0v) is 11.0. The zero-order valence-electron chi connectivity index (χ0n) is 11.0. The van der Waals surface area contributed by atoms with Gasteiger partial charge in [-0.15, -0.1) is 0 Å². The van der Waals surface area contributed by atoms with E-state index in [1.54, 1.807) is 0 Å². The molecular formula is C14H21F2NO. The highest BCUT2D eigenvalue weighted by Gasteiger charge is 2.09. The SMILES string of the molecule is CCN(CC)CCC(O)Cc1cc(F)cc(F)c1. The summed E-state index contributed by atoms with van der Waals surface area (Å²) in [6.45, 7) is 6.82. The van der Waals surface area contributed by atoms with E-state index >= 15 is 0 Å². The van der Waals surface area contributed by atoms with E-state index in [9.17, 15) is 13.9 Å². The summed E-state index contributed by atoms with van der Waals surface area (Å²) in [7, 11) is 0. The lowest BCUT2D eigenvalue weighted by Crippen LogP contribution is -2.27. The average molecular weight is 257 g/mol. The maximum absolute atomic E-state index is 13.0. The first-order valence-electron chi connectivity index (χ1n) is 6.40. The first kappa shape index (κ1) is 15.1. The van der Waals surface area contributed by atoms with Gasteiger partial charge in [-0.25, -0.2) is 8.78 Å². The van der Waals surface area contributed by atoms with Gasteiger partial charge in [-0.2, -0.15) is 0 Å². The summed E-state index contributed by atoms with van der Waals surface area (Å²) in [5.41, 5.74) is 0.500. The molecule has 0 aliphatic carbocycles. The first-order valence-corrected chi connectivity index (χ1v) is 6.40. The van der Waals surface area contributed by atoms with E-state index in [1.807, 2.05) is 0 Å². The highest BCUT2D eigenvalue weighted by Crippen LogP contribution is 2.11. The Morgan fingerprint density at radius 2 is 1.67 bits per heavy atom. The number of aliphatic hydroxyl groups is 1. The van der Waals surface area contributed by atoms with Crippen molar-refractivity contribution in [2.45, 2.75) is 32.8 Å². The number of benzene rings is 1. The molecule has 0 heterocycles. The topological polar surface area (TPSA) is 23.5 Å². The third-order valence-corrected chi connectivity index (χ3v) is 3.07. The van der Waals surface area contributed by atoms with Crippen molar-refractivity contribution in [3.63, 3.8) is 0 Å². The van der Waals surface area contributed by atoms with Crippen molar-refractivity contribution in [3.8, 4) is 0 Å². The Balaban J connectivity index is 2.46. The minimum absolute atomic E-state index is 0.288. The van der Waals surface area contributed by atoms with Crippen LogP contribution in [0.15, 0.2) is 18.2 Å². The summed E-state index contributed by atoms with van der Waals surface area (Å²) in [5.74, 6) is -1.19. The Morgan fingerprint density at radius 3 is 2.17 bits per heavy atom. The molecule has 0 bridgehead atoms. The van der Waals surface area contributed by atoms with Crippen molar-refractivity contribution in [1.82, 2.24) is 4.90 Å².